The highest BCUT2D eigenvalue weighted by Gasteiger charge is 2.30. The molecule has 0 aliphatic carbocycles. The van der Waals surface area contributed by atoms with Gasteiger partial charge in [0.1, 0.15) is 5.82 Å². The van der Waals surface area contributed by atoms with Crippen molar-refractivity contribution in [1.82, 2.24) is 9.47 Å². The smallest absolute Gasteiger partial charge is 0.347 e. The van der Waals surface area contributed by atoms with Gasteiger partial charge in [-0.1, -0.05) is 0 Å². The van der Waals surface area contributed by atoms with Gasteiger partial charge < -0.3 is 14.8 Å². The predicted molar refractivity (Wildman–Crippen MR) is 97.5 cm³/mol. The zero-order valence-corrected chi connectivity index (χ0v) is 15.0. The van der Waals surface area contributed by atoms with Crippen LogP contribution in [0, 0.1) is 5.82 Å². The van der Waals surface area contributed by atoms with Gasteiger partial charge in [0.15, 0.2) is 0 Å². The Morgan fingerprint density at radius 1 is 1.11 bits per heavy atom. The van der Waals surface area contributed by atoms with Gasteiger partial charge in [-0.05, 0) is 42.5 Å². The van der Waals surface area contributed by atoms with Crippen LogP contribution in [0.25, 0.3) is 10.9 Å². The third kappa shape index (κ3) is 3.19. The molecule has 0 bridgehead atoms. The molecule has 0 fully saturated rings. The summed E-state index contributed by atoms with van der Waals surface area (Å²) in [5, 5.41) is 3.39. The van der Waals surface area contributed by atoms with Gasteiger partial charge in [0.2, 0.25) is 0 Å². The van der Waals surface area contributed by atoms with E-state index < -0.39 is 17.8 Å². The van der Waals surface area contributed by atoms with E-state index in [1.54, 1.807) is 11.0 Å². The molecule has 0 radical (unpaired) electrons. The van der Waals surface area contributed by atoms with Gasteiger partial charge in [-0.3, -0.25) is 0 Å². The van der Waals surface area contributed by atoms with Crippen LogP contribution in [0.5, 0.6) is 0 Å². The first-order valence-corrected chi connectivity index (χ1v) is 8.73. The number of aromatic nitrogens is 1. The molecule has 3 aromatic rings. The van der Waals surface area contributed by atoms with Crippen LogP contribution in [0.4, 0.5) is 28.0 Å². The monoisotopic (exact) mass is 391 g/mol. The maximum atomic E-state index is 13.7. The number of rotatable bonds is 1. The highest BCUT2D eigenvalue weighted by atomic mass is 19.4. The van der Waals surface area contributed by atoms with E-state index in [0.29, 0.717) is 19.5 Å². The second-order valence-corrected chi connectivity index (χ2v) is 6.82. The van der Waals surface area contributed by atoms with Crippen molar-refractivity contribution in [3.8, 4) is 0 Å². The van der Waals surface area contributed by atoms with Crippen LogP contribution in [0.3, 0.4) is 0 Å². The number of aryl methyl sites for hydroxylation is 1. The summed E-state index contributed by atoms with van der Waals surface area (Å²) in [6.07, 6.45) is -3.81. The van der Waals surface area contributed by atoms with E-state index in [2.05, 4.69) is 5.32 Å². The Morgan fingerprint density at radius 2 is 1.82 bits per heavy atom. The van der Waals surface area contributed by atoms with Crippen LogP contribution in [0.15, 0.2) is 42.5 Å². The zero-order chi connectivity index (χ0) is 20.1. The minimum Gasteiger partial charge on any atom is -0.347 e. The lowest BCUT2D eigenvalue weighted by molar-refractivity contribution is -0.137. The number of carbonyl (C=O) groups is 1. The highest BCUT2D eigenvalue weighted by Crippen LogP contribution is 2.32. The number of hydrogen-bond donors (Lipinski definition) is 1. The van der Waals surface area contributed by atoms with E-state index >= 15 is 0 Å². The predicted octanol–water partition coefficient (Wildman–Crippen LogP) is 4.93. The molecule has 146 valence electrons. The van der Waals surface area contributed by atoms with Gasteiger partial charge in [0, 0.05) is 54.4 Å². The molecule has 8 heteroatoms. The fourth-order valence-electron chi connectivity index (χ4n) is 3.67. The van der Waals surface area contributed by atoms with E-state index in [1.807, 2.05) is 11.6 Å². The molecule has 4 rings (SSSR count). The van der Waals surface area contributed by atoms with Gasteiger partial charge in [-0.2, -0.15) is 13.2 Å². The van der Waals surface area contributed by atoms with Gasteiger partial charge in [0.25, 0.3) is 0 Å². The number of benzene rings is 2. The highest BCUT2D eigenvalue weighted by molar-refractivity contribution is 5.91. The number of nitrogens with one attached hydrogen (secondary N) is 1. The van der Waals surface area contributed by atoms with Crippen LogP contribution in [-0.4, -0.2) is 22.0 Å². The van der Waals surface area contributed by atoms with Crippen molar-refractivity contribution in [3.05, 3.63) is 65.1 Å². The van der Waals surface area contributed by atoms with Gasteiger partial charge in [-0.25, -0.2) is 9.18 Å². The summed E-state index contributed by atoms with van der Waals surface area (Å²) < 4.78 is 53.6. The molecule has 0 spiro atoms. The molecule has 0 unspecified atom stereocenters. The van der Waals surface area contributed by atoms with Gasteiger partial charge in [-0.15, -0.1) is 0 Å². The van der Waals surface area contributed by atoms with Crippen LogP contribution in [0.1, 0.15) is 16.8 Å². The molecule has 1 aliphatic heterocycles. The summed E-state index contributed by atoms with van der Waals surface area (Å²) in [6, 6.07) is 8.49. The molecule has 28 heavy (non-hydrogen) atoms. The maximum absolute atomic E-state index is 13.7. The normalized spacial score (nSPS) is 14.2. The molecule has 0 atom stereocenters. The van der Waals surface area contributed by atoms with Crippen molar-refractivity contribution in [2.75, 3.05) is 11.9 Å². The summed E-state index contributed by atoms with van der Waals surface area (Å²) in [7, 11) is 1.91. The first-order chi connectivity index (χ1) is 13.2. The number of fused-ring (bicyclic) bond motifs is 3. The SMILES string of the molecule is Cn1c2c(c3cc(F)ccc31)CN(C(=O)Nc1ccc(C(F)(F)F)cc1)CC2. The number of nitrogens with zero attached hydrogens (tertiary/aromatic N) is 2. The first kappa shape index (κ1) is 18.3. The number of anilines is 1. The summed E-state index contributed by atoms with van der Waals surface area (Å²) in [6.45, 7) is 0.773. The van der Waals surface area contributed by atoms with Crippen molar-refractivity contribution in [2.24, 2.45) is 7.05 Å². The van der Waals surface area contributed by atoms with Crippen molar-refractivity contribution < 1.29 is 22.4 Å². The van der Waals surface area contributed by atoms with E-state index in [9.17, 15) is 22.4 Å². The van der Waals surface area contributed by atoms with E-state index in [1.165, 1.54) is 24.3 Å². The van der Waals surface area contributed by atoms with Gasteiger partial charge >= 0.3 is 12.2 Å². The van der Waals surface area contributed by atoms with Crippen molar-refractivity contribution in [3.63, 3.8) is 0 Å². The number of halogens is 4. The van der Waals surface area contributed by atoms with Crippen LogP contribution < -0.4 is 5.32 Å². The van der Waals surface area contributed by atoms with Crippen LogP contribution >= 0.6 is 0 Å². The molecule has 2 aromatic carbocycles. The molecule has 1 aliphatic rings. The van der Waals surface area contributed by atoms with Crippen LogP contribution in [0.2, 0.25) is 0 Å². The van der Waals surface area contributed by atoms with E-state index in [-0.39, 0.29) is 11.5 Å². The molecular weight excluding hydrogens is 374 g/mol. The van der Waals surface area contributed by atoms with E-state index in [0.717, 1.165) is 34.3 Å². The lowest BCUT2D eigenvalue weighted by Crippen LogP contribution is -2.39. The third-order valence-corrected chi connectivity index (χ3v) is 5.12. The average molecular weight is 391 g/mol. The number of hydrogen-bond acceptors (Lipinski definition) is 1. The topological polar surface area (TPSA) is 37.3 Å². The second-order valence-electron chi connectivity index (χ2n) is 6.82. The quantitative estimate of drug-likeness (QED) is 0.587. The summed E-state index contributed by atoms with van der Waals surface area (Å²) >= 11 is 0. The molecule has 0 saturated heterocycles. The third-order valence-electron chi connectivity index (χ3n) is 5.12. The summed E-state index contributed by atoms with van der Waals surface area (Å²) in [4.78, 5) is 14.2. The number of urea groups is 1. The van der Waals surface area contributed by atoms with Crippen LogP contribution in [-0.2, 0) is 26.2 Å². The number of amides is 2. The number of alkyl halides is 3. The Kier molecular flexibility index (Phi) is 4.28. The summed E-state index contributed by atoms with van der Waals surface area (Å²) in [5.74, 6) is -0.341. The zero-order valence-electron chi connectivity index (χ0n) is 15.0. The van der Waals surface area contributed by atoms with Gasteiger partial charge in [0.05, 0.1) is 5.56 Å². The lowest BCUT2D eigenvalue weighted by Gasteiger charge is -2.28. The fourth-order valence-corrected chi connectivity index (χ4v) is 3.67. The Labute approximate surface area is 158 Å². The molecule has 4 nitrogen and oxygen atoms in total. The Morgan fingerprint density at radius 3 is 2.50 bits per heavy atom. The minimum absolute atomic E-state index is 0.285. The Bertz CT molecular complexity index is 1050. The Hall–Kier alpha value is -3.03. The molecule has 1 aromatic heterocycles. The average Bonchev–Trinajstić information content (AvgIpc) is 2.93. The van der Waals surface area contributed by atoms with Crippen molar-refractivity contribution >= 4 is 22.6 Å². The maximum Gasteiger partial charge on any atom is 0.416 e. The molecule has 2 heterocycles. The molecule has 2 amide bonds. The lowest BCUT2D eigenvalue weighted by atomic mass is 10.0. The molecule has 1 N–H and O–H groups in total. The first-order valence-electron chi connectivity index (χ1n) is 8.73. The Balaban J connectivity index is 1.54. The largest absolute Gasteiger partial charge is 0.416 e. The fraction of sp³-hybridized carbons (Fsp3) is 0.250. The van der Waals surface area contributed by atoms with E-state index in [4.69, 9.17) is 0 Å². The second kappa shape index (κ2) is 6.54. The molecular formula is C20H17F4N3O. The molecule has 0 saturated carbocycles. The van der Waals surface area contributed by atoms with Crippen molar-refractivity contribution in [1.29, 1.82) is 0 Å². The van der Waals surface area contributed by atoms with Crippen molar-refractivity contribution in [2.45, 2.75) is 19.1 Å². The standard InChI is InChI=1S/C20H17F4N3O/c1-26-17-7-4-13(21)10-15(17)16-11-27(9-8-18(16)26)19(28)25-14-5-2-12(3-6-14)20(22,23)24/h2-7,10H,8-9,11H2,1H3,(H,25,28). The number of carbonyl (C=O) groups excluding carboxylic acids is 1. The minimum atomic E-state index is -4.42. The summed E-state index contributed by atoms with van der Waals surface area (Å²) in [5.41, 5.74) is 2.36.